The highest BCUT2D eigenvalue weighted by atomic mass is 32.2. The van der Waals surface area contributed by atoms with Gasteiger partial charge in [0.25, 0.3) is 0 Å². The van der Waals surface area contributed by atoms with Crippen molar-refractivity contribution in [1.82, 2.24) is 18.3 Å². The molecule has 0 bridgehead atoms. The summed E-state index contributed by atoms with van der Waals surface area (Å²) in [6.45, 7) is 3.96. The number of fused-ring (bicyclic) bond motifs is 2. The first-order chi connectivity index (χ1) is 21.4. The molecule has 0 amide bonds. The number of hydrogen-bond donors (Lipinski definition) is 0. The smallest absolute Gasteiger partial charge is 0.295 e. The zero-order chi connectivity index (χ0) is 31.1. The lowest BCUT2D eigenvalue weighted by Crippen LogP contribution is -2.20. The van der Waals surface area contributed by atoms with Crippen LogP contribution in [0, 0.1) is 0 Å². The van der Waals surface area contributed by atoms with Crippen molar-refractivity contribution in [2.45, 2.75) is 25.4 Å². The fourth-order valence-electron chi connectivity index (χ4n) is 5.04. The van der Waals surface area contributed by atoms with Crippen molar-refractivity contribution in [3.8, 4) is 0 Å². The van der Waals surface area contributed by atoms with Gasteiger partial charge in [-0.25, -0.2) is 9.59 Å². The van der Waals surface area contributed by atoms with Crippen LogP contribution < -0.4 is 11.4 Å². The molecule has 0 atom stereocenters. The van der Waals surface area contributed by atoms with E-state index in [4.69, 9.17) is 0 Å². The molecule has 4 aromatic carbocycles. The Labute approximate surface area is 266 Å². The molecule has 2 aromatic heterocycles. The van der Waals surface area contributed by atoms with E-state index in [1.165, 1.54) is 11.1 Å². The van der Waals surface area contributed by atoms with Crippen LogP contribution in [0.5, 0.6) is 0 Å². The number of aromatic nitrogens is 4. The van der Waals surface area contributed by atoms with Crippen molar-refractivity contribution in [2.24, 2.45) is 14.1 Å². The van der Waals surface area contributed by atoms with Gasteiger partial charge in [0.1, 0.15) is 0 Å². The number of allylic oxidation sites excluding steroid dienone is 2. The molecule has 2 heterocycles. The van der Waals surface area contributed by atoms with Gasteiger partial charge in [-0.15, -0.1) is 23.5 Å². The molecule has 0 aliphatic rings. The summed E-state index contributed by atoms with van der Waals surface area (Å²) in [7, 11) is 3.62. The van der Waals surface area contributed by atoms with Crippen LogP contribution in [0.2, 0.25) is 0 Å². The van der Waals surface area contributed by atoms with Crippen molar-refractivity contribution >= 4 is 57.0 Å². The molecule has 0 saturated carbocycles. The molecule has 0 aliphatic carbocycles. The topological polar surface area (TPSA) is 53.9 Å². The van der Waals surface area contributed by atoms with E-state index in [9.17, 15) is 9.59 Å². The van der Waals surface area contributed by atoms with Crippen molar-refractivity contribution in [3.63, 3.8) is 0 Å². The fraction of sp³-hybridized carbons (Fsp3) is 0.167. The Morgan fingerprint density at radius 2 is 0.841 bits per heavy atom. The second-order valence-electron chi connectivity index (χ2n) is 10.4. The van der Waals surface area contributed by atoms with Crippen LogP contribution >= 0.6 is 23.5 Å². The van der Waals surface area contributed by atoms with E-state index in [2.05, 4.69) is 35.1 Å². The second-order valence-corrected chi connectivity index (χ2v) is 12.2. The van der Waals surface area contributed by atoms with Crippen molar-refractivity contribution in [3.05, 3.63) is 152 Å². The Morgan fingerprint density at radius 3 is 1.20 bits per heavy atom. The van der Waals surface area contributed by atoms with Crippen molar-refractivity contribution in [1.29, 1.82) is 0 Å². The molecule has 0 fully saturated rings. The molecule has 44 heavy (non-hydrogen) atoms. The minimum Gasteiger partial charge on any atom is -0.295 e. The summed E-state index contributed by atoms with van der Waals surface area (Å²) in [4.78, 5) is 24.9. The average Bonchev–Trinajstić information content (AvgIpc) is 3.46. The third-order valence-corrected chi connectivity index (χ3v) is 9.34. The minimum absolute atomic E-state index is 0.00439. The highest BCUT2D eigenvalue weighted by Gasteiger charge is 2.12. The lowest BCUT2D eigenvalue weighted by Gasteiger charge is -2.03. The van der Waals surface area contributed by atoms with Crippen LogP contribution in [-0.4, -0.2) is 18.3 Å². The predicted octanol–water partition coefficient (Wildman–Crippen LogP) is 8.18. The van der Waals surface area contributed by atoms with Crippen LogP contribution in [0.4, 0.5) is 0 Å². The van der Waals surface area contributed by atoms with E-state index in [0.29, 0.717) is 0 Å². The first-order valence-electron chi connectivity index (χ1n) is 14.3. The van der Waals surface area contributed by atoms with E-state index in [1.807, 2.05) is 113 Å². The van der Waals surface area contributed by atoms with Gasteiger partial charge < -0.3 is 0 Å². The van der Waals surface area contributed by atoms with Gasteiger partial charge in [-0.1, -0.05) is 84.9 Å². The van der Waals surface area contributed by atoms with Gasteiger partial charge in [0.05, 0.1) is 22.1 Å². The number of benzene rings is 4. The number of nitrogens with zero attached hydrogens (tertiary/aromatic N) is 4. The van der Waals surface area contributed by atoms with Crippen LogP contribution in [0.15, 0.2) is 130 Å². The quantitative estimate of drug-likeness (QED) is 0.172. The van der Waals surface area contributed by atoms with Crippen molar-refractivity contribution in [2.75, 3.05) is 0 Å². The molecule has 0 radical (unpaired) electrons. The SMILES string of the molecule is C/C(=C/SCc1ccccc1)n1c(=O)n(C)c2ccccc21.C/C(=C\SCc1ccccc1)n1c(=O)n(C)c2ccccc21. The predicted molar refractivity (Wildman–Crippen MR) is 190 cm³/mol. The number of aryl methyl sites for hydroxylation is 2. The Bertz CT molecular complexity index is 1900. The summed E-state index contributed by atoms with van der Waals surface area (Å²) in [5.41, 5.74) is 8.24. The van der Waals surface area contributed by atoms with Gasteiger partial charge in [-0.05, 0) is 60.1 Å². The Morgan fingerprint density at radius 1 is 0.523 bits per heavy atom. The maximum Gasteiger partial charge on any atom is 0.333 e. The summed E-state index contributed by atoms with van der Waals surface area (Å²) >= 11 is 3.41. The van der Waals surface area contributed by atoms with Gasteiger partial charge in [0, 0.05) is 37.0 Å². The highest BCUT2D eigenvalue weighted by Crippen LogP contribution is 2.22. The van der Waals surface area contributed by atoms with Crippen LogP contribution in [0.1, 0.15) is 25.0 Å². The average molecular weight is 621 g/mol. The Hall–Kier alpha value is -4.40. The number of imidazole rings is 2. The van der Waals surface area contributed by atoms with E-state index < -0.39 is 0 Å². The molecule has 6 nitrogen and oxygen atoms in total. The second kappa shape index (κ2) is 14.4. The summed E-state index contributed by atoms with van der Waals surface area (Å²) in [5.74, 6) is 1.80. The van der Waals surface area contributed by atoms with E-state index in [-0.39, 0.29) is 11.4 Å². The third-order valence-electron chi connectivity index (χ3n) is 7.32. The first kappa shape index (κ1) is 31.0. The van der Waals surface area contributed by atoms with E-state index >= 15 is 0 Å². The molecule has 6 aromatic rings. The van der Waals surface area contributed by atoms with Gasteiger partial charge >= 0.3 is 11.4 Å². The van der Waals surface area contributed by atoms with E-state index in [1.54, 1.807) is 41.8 Å². The number of thioether (sulfide) groups is 2. The highest BCUT2D eigenvalue weighted by molar-refractivity contribution is 8.01. The van der Waals surface area contributed by atoms with Crippen molar-refractivity contribution < 1.29 is 0 Å². The van der Waals surface area contributed by atoms with Gasteiger partial charge in [-0.2, -0.15) is 0 Å². The molecule has 8 heteroatoms. The largest absolute Gasteiger partial charge is 0.333 e. The third kappa shape index (κ3) is 6.87. The Balaban J connectivity index is 0.000000175. The monoisotopic (exact) mass is 620 g/mol. The first-order valence-corrected chi connectivity index (χ1v) is 16.4. The van der Waals surface area contributed by atoms with Gasteiger partial charge in [-0.3, -0.25) is 18.3 Å². The molecule has 0 N–H and O–H groups in total. The summed E-state index contributed by atoms with van der Waals surface area (Å²) in [6, 6.07) is 36.4. The normalized spacial score (nSPS) is 12.0. The van der Waals surface area contributed by atoms with Gasteiger partial charge in [0.15, 0.2) is 0 Å². The number of para-hydroxylation sites is 4. The molecule has 0 saturated heterocycles. The summed E-state index contributed by atoms with van der Waals surface area (Å²) < 4.78 is 6.92. The van der Waals surface area contributed by atoms with Crippen LogP contribution in [-0.2, 0) is 25.6 Å². The molecular formula is C36H36N4O2S2. The maximum absolute atomic E-state index is 12.4. The molecule has 6 rings (SSSR count). The lowest BCUT2D eigenvalue weighted by molar-refractivity contribution is 0.852. The van der Waals surface area contributed by atoms with E-state index in [0.717, 1.165) is 45.0 Å². The van der Waals surface area contributed by atoms with Crippen LogP contribution in [0.25, 0.3) is 33.5 Å². The zero-order valence-corrected chi connectivity index (χ0v) is 27.0. The van der Waals surface area contributed by atoms with Crippen LogP contribution in [0.3, 0.4) is 0 Å². The zero-order valence-electron chi connectivity index (χ0n) is 25.4. The standard InChI is InChI=1S/2C18H18N2OS/c2*1-14(12-22-13-15-8-4-3-5-9-15)20-17-11-7-6-10-16(17)19(2)18(20)21/h2*3-12H,13H2,1-2H3/b14-12+;14-12-. The number of hydrogen-bond acceptors (Lipinski definition) is 4. The fourth-order valence-corrected chi connectivity index (χ4v) is 6.67. The lowest BCUT2D eigenvalue weighted by atomic mass is 10.2. The molecule has 0 unspecified atom stereocenters. The molecule has 0 aliphatic heterocycles. The number of rotatable bonds is 8. The molecular weight excluding hydrogens is 585 g/mol. The van der Waals surface area contributed by atoms with Gasteiger partial charge in [0.2, 0.25) is 0 Å². The minimum atomic E-state index is -0.00439. The molecule has 224 valence electrons. The Kier molecular flexibility index (Phi) is 10.1. The molecule has 0 spiro atoms. The summed E-state index contributed by atoms with van der Waals surface area (Å²) in [6.07, 6.45) is 0. The summed E-state index contributed by atoms with van der Waals surface area (Å²) in [5, 5.41) is 4.11. The maximum atomic E-state index is 12.4.